The second kappa shape index (κ2) is 6.54. The van der Waals surface area contributed by atoms with E-state index in [1.54, 1.807) is 0 Å². The van der Waals surface area contributed by atoms with Gasteiger partial charge in [0.15, 0.2) is 0 Å². The van der Waals surface area contributed by atoms with Gasteiger partial charge in [-0.15, -0.1) is 0 Å². The van der Waals surface area contributed by atoms with Crippen molar-refractivity contribution >= 4 is 21.6 Å². The summed E-state index contributed by atoms with van der Waals surface area (Å²) in [6.07, 6.45) is -1.25. The largest absolute Gasteiger partial charge is 0.386 e. The molecular weight excluding hydrogens is 340 g/mol. The lowest BCUT2D eigenvalue weighted by Crippen LogP contribution is -2.15. The molecule has 2 aromatic rings. The van der Waals surface area contributed by atoms with Crippen molar-refractivity contribution in [2.24, 2.45) is 0 Å². The monoisotopic (exact) mass is 355 g/mol. The zero-order valence-electron chi connectivity index (χ0n) is 11.8. The molecule has 1 unspecified atom stereocenters. The maximum absolute atomic E-state index is 13.6. The van der Waals surface area contributed by atoms with E-state index in [9.17, 15) is 13.9 Å². The number of rotatable bonds is 4. The van der Waals surface area contributed by atoms with Crippen LogP contribution >= 0.6 is 15.9 Å². The average molecular weight is 356 g/mol. The van der Waals surface area contributed by atoms with E-state index in [1.165, 1.54) is 6.07 Å². The Bertz CT molecular complexity index is 617. The molecule has 0 heterocycles. The summed E-state index contributed by atoms with van der Waals surface area (Å²) in [6, 6.07) is 7.35. The number of aliphatic hydroxyl groups is 1. The van der Waals surface area contributed by atoms with Crippen molar-refractivity contribution in [3.05, 3.63) is 63.1 Å². The number of halogens is 3. The molecule has 0 aliphatic heterocycles. The number of anilines is 1. The Balaban J connectivity index is 2.13. The molecule has 21 heavy (non-hydrogen) atoms. The van der Waals surface area contributed by atoms with Crippen molar-refractivity contribution in [1.82, 2.24) is 0 Å². The quantitative estimate of drug-likeness (QED) is 0.846. The minimum atomic E-state index is -1.25. The van der Waals surface area contributed by atoms with Crippen LogP contribution in [0.2, 0.25) is 0 Å². The zero-order chi connectivity index (χ0) is 15.6. The molecule has 112 valence electrons. The molecule has 2 aromatic carbocycles. The summed E-state index contributed by atoms with van der Waals surface area (Å²) in [5.41, 5.74) is 2.58. The summed E-state index contributed by atoms with van der Waals surface area (Å²) in [6.45, 7) is 3.93. The van der Waals surface area contributed by atoms with Gasteiger partial charge < -0.3 is 10.4 Å². The predicted molar refractivity (Wildman–Crippen MR) is 83.4 cm³/mol. The predicted octanol–water partition coefficient (Wildman–Crippen LogP) is 4.49. The van der Waals surface area contributed by atoms with Crippen molar-refractivity contribution in [2.45, 2.75) is 20.0 Å². The molecule has 0 amide bonds. The summed E-state index contributed by atoms with van der Waals surface area (Å²) in [5, 5.41) is 13.0. The van der Waals surface area contributed by atoms with Crippen molar-refractivity contribution < 1.29 is 13.9 Å². The van der Waals surface area contributed by atoms with Gasteiger partial charge in [-0.3, -0.25) is 0 Å². The number of aliphatic hydroxyl groups excluding tert-OH is 1. The molecule has 0 aliphatic carbocycles. The van der Waals surface area contributed by atoms with E-state index in [0.29, 0.717) is 0 Å². The van der Waals surface area contributed by atoms with E-state index >= 15 is 0 Å². The van der Waals surface area contributed by atoms with Gasteiger partial charge in [0.05, 0.1) is 5.56 Å². The highest BCUT2D eigenvalue weighted by Crippen LogP contribution is 2.26. The summed E-state index contributed by atoms with van der Waals surface area (Å²) in [7, 11) is 0. The van der Waals surface area contributed by atoms with Crippen LogP contribution in [0.15, 0.2) is 34.8 Å². The lowest BCUT2D eigenvalue weighted by molar-refractivity contribution is 0.181. The third kappa shape index (κ3) is 3.60. The third-order valence-corrected chi connectivity index (χ3v) is 4.52. The van der Waals surface area contributed by atoms with Crippen LogP contribution in [0.4, 0.5) is 14.5 Å². The average Bonchev–Trinajstić information content (AvgIpc) is 2.42. The molecule has 0 fully saturated rings. The highest BCUT2D eigenvalue weighted by molar-refractivity contribution is 9.10. The normalized spacial score (nSPS) is 12.3. The molecule has 2 nitrogen and oxygen atoms in total. The number of hydrogen-bond donors (Lipinski definition) is 2. The Morgan fingerprint density at radius 3 is 2.19 bits per heavy atom. The van der Waals surface area contributed by atoms with Crippen LogP contribution in [0.5, 0.6) is 0 Å². The van der Waals surface area contributed by atoms with Crippen molar-refractivity contribution in [3.8, 4) is 0 Å². The first-order chi connectivity index (χ1) is 9.90. The second-order valence-corrected chi connectivity index (χ2v) is 5.75. The molecular formula is C16H16BrF2NO. The zero-order valence-corrected chi connectivity index (χ0v) is 13.3. The minimum absolute atomic E-state index is 0.0262. The van der Waals surface area contributed by atoms with Gasteiger partial charge in [0, 0.05) is 16.7 Å². The summed E-state index contributed by atoms with van der Waals surface area (Å²) < 4.78 is 28.2. The molecule has 5 heteroatoms. The minimum Gasteiger partial charge on any atom is -0.386 e. The summed E-state index contributed by atoms with van der Waals surface area (Å²) in [4.78, 5) is 0. The highest BCUT2D eigenvalue weighted by atomic mass is 79.9. The van der Waals surface area contributed by atoms with Crippen LogP contribution in [0, 0.1) is 25.5 Å². The molecule has 1 atom stereocenters. The van der Waals surface area contributed by atoms with Gasteiger partial charge in [0.1, 0.15) is 17.7 Å². The van der Waals surface area contributed by atoms with Gasteiger partial charge in [0.2, 0.25) is 0 Å². The molecule has 2 rings (SSSR count). The Hall–Kier alpha value is -1.46. The summed E-state index contributed by atoms with van der Waals surface area (Å²) >= 11 is 3.47. The van der Waals surface area contributed by atoms with Crippen LogP contribution in [-0.4, -0.2) is 11.7 Å². The molecule has 0 aliphatic rings. The first kappa shape index (κ1) is 15.9. The van der Waals surface area contributed by atoms with Gasteiger partial charge in [-0.25, -0.2) is 8.78 Å². The third-order valence-electron chi connectivity index (χ3n) is 3.27. The smallest absolute Gasteiger partial charge is 0.132 e. The maximum Gasteiger partial charge on any atom is 0.132 e. The SMILES string of the molecule is Cc1cc(NCC(O)c2c(F)cccc2F)cc(C)c1Br. The van der Waals surface area contributed by atoms with Gasteiger partial charge in [0.25, 0.3) is 0 Å². The van der Waals surface area contributed by atoms with Crippen molar-refractivity contribution in [3.63, 3.8) is 0 Å². The Morgan fingerprint density at radius 2 is 1.67 bits per heavy atom. The topological polar surface area (TPSA) is 32.3 Å². The van der Waals surface area contributed by atoms with Gasteiger partial charge >= 0.3 is 0 Å². The maximum atomic E-state index is 13.6. The molecule has 0 saturated heterocycles. The number of hydrogen-bond acceptors (Lipinski definition) is 2. The van der Waals surface area contributed by atoms with Gasteiger partial charge in [-0.1, -0.05) is 22.0 Å². The van der Waals surface area contributed by atoms with E-state index in [2.05, 4.69) is 21.2 Å². The van der Waals surface area contributed by atoms with Gasteiger partial charge in [-0.2, -0.15) is 0 Å². The first-order valence-corrected chi connectivity index (χ1v) is 7.32. The lowest BCUT2D eigenvalue weighted by Gasteiger charge is -2.16. The molecule has 0 saturated carbocycles. The van der Waals surface area contributed by atoms with Crippen LogP contribution in [-0.2, 0) is 0 Å². The highest BCUT2D eigenvalue weighted by Gasteiger charge is 2.17. The fraction of sp³-hybridized carbons (Fsp3) is 0.250. The summed E-state index contributed by atoms with van der Waals surface area (Å²) in [5.74, 6) is -1.49. The number of aryl methyl sites for hydroxylation is 2. The fourth-order valence-electron chi connectivity index (χ4n) is 2.19. The number of nitrogens with one attached hydrogen (secondary N) is 1. The Kier molecular flexibility index (Phi) is 4.96. The molecule has 0 aromatic heterocycles. The van der Waals surface area contributed by atoms with Crippen LogP contribution in [0.25, 0.3) is 0 Å². The van der Waals surface area contributed by atoms with Crippen LogP contribution in [0.1, 0.15) is 22.8 Å². The molecule has 2 N–H and O–H groups in total. The van der Waals surface area contributed by atoms with E-state index < -0.39 is 17.7 Å². The molecule has 0 bridgehead atoms. The first-order valence-electron chi connectivity index (χ1n) is 6.52. The Morgan fingerprint density at radius 1 is 1.14 bits per heavy atom. The Labute approximate surface area is 130 Å². The fourth-order valence-corrected chi connectivity index (χ4v) is 2.42. The number of benzene rings is 2. The van der Waals surface area contributed by atoms with Crippen LogP contribution in [0.3, 0.4) is 0 Å². The van der Waals surface area contributed by atoms with E-state index in [1.807, 2.05) is 26.0 Å². The van der Waals surface area contributed by atoms with Crippen LogP contribution < -0.4 is 5.32 Å². The lowest BCUT2D eigenvalue weighted by atomic mass is 10.1. The van der Waals surface area contributed by atoms with Gasteiger partial charge in [-0.05, 0) is 49.2 Å². The van der Waals surface area contributed by atoms with E-state index in [4.69, 9.17) is 0 Å². The van der Waals surface area contributed by atoms with E-state index in [-0.39, 0.29) is 12.1 Å². The second-order valence-electron chi connectivity index (χ2n) is 4.96. The molecule has 0 spiro atoms. The van der Waals surface area contributed by atoms with Crippen molar-refractivity contribution in [2.75, 3.05) is 11.9 Å². The van der Waals surface area contributed by atoms with Crippen molar-refractivity contribution in [1.29, 1.82) is 0 Å². The standard InChI is InChI=1S/C16H16BrF2NO/c1-9-6-11(7-10(2)16(9)17)20-8-14(21)15-12(18)4-3-5-13(15)19/h3-7,14,20-21H,8H2,1-2H3. The molecule has 0 radical (unpaired) electrons. The van der Waals surface area contributed by atoms with E-state index in [0.717, 1.165) is 33.4 Å².